The van der Waals surface area contributed by atoms with Crippen LogP contribution < -0.4 is 9.47 Å². The maximum atomic E-state index is 12.3. The lowest BCUT2D eigenvalue weighted by molar-refractivity contribution is -0.274. The van der Waals surface area contributed by atoms with Gasteiger partial charge in [0.25, 0.3) is 0 Å². The van der Waals surface area contributed by atoms with Crippen LogP contribution in [-0.2, 0) is 12.8 Å². The number of ether oxygens (including phenoxy) is 2. The van der Waals surface area contributed by atoms with E-state index in [4.69, 9.17) is 4.74 Å². The van der Waals surface area contributed by atoms with Gasteiger partial charge in [0.1, 0.15) is 24.3 Å². The average molecular weight is 369 g/mol. The first kappa shape index (κ1) is 20.1. The molecule has 142 valence electrons. The molecule has 7 heteroatoms. The molecular formula is C19H22F3NO3. The van der Waals surface area contributed by atoms with E-state index < -0.39 is 12.6 Å². The molecule has 0 aliphatic carbocycles. The quantitative estimate of drug-likeness (QED) is 0.722. The van der Waals surface area contributed by atoms with Crippen molar-refractivity contribution in [2.45, 2.75) is 25.4 Å². The predicted octanol–water partition coefficient (Wildman–Crippen LogP) is 3.63. The minimum atomic E-state index is -4.70. The van der Waals surface area contributed by atoms with Gasteiger partial charge in [0.15, 0.2) is 0 Å². The van der Waals surface area contributed by atoms with Crippen molar-refractivity contribution in [2.75, 3.05) is 20.7 Å². The Kier molecular flexibility index (Phi) is 6.88. The van der Waals surface area contributed by atoms with Crippen LogP contribution in [0.15, 0.2) is 48.5 Å². The Labute approximate surface area is 150 Å². The van der Waals surface area contributed by atoms with Crippen LogP contribution in [0.2, 0.25) is 0 Å². The van der Waals surface area contributed by atoms with E-state index in [1.54, 1.807) is 31.1 Å². The topological polar surface area (TPSA) is 41.9 Å². The van der Waals surface area contributed by atoms with Gasteiger partial charge in [-0.2, -0.15) is 0 Å². The summed E-state index contributed by atoms with van der Waals surface area (Å²) in [7, 11) is 3.49. The van der Waals surface area contributed by atoms with Crippen LogP contribution in [0.3, 0.4) is 0 Å². The van der Waals surface area contributed by atoms with Gasteiger partial charge in [-0.05, 0) is 56.3 Å². The van der Waals surface area contributed by atoms with Crippen molar-refractivity contribution < 1.29 is 27.8 Å². The van der Waals surface area contributed by atoms with Gasteiger partial charge in [-0.15, -0.1) is 13.2 Å². The highest BCUT2D eigenvalue weighted by molar-refractivity contribution is 5.35. The fraction of sp³-hybridized carbons (Fsp3) is 0.368. The molecule has 4 nitrogen and oxygen atoms in total. The van der Waals surface area contributed by atoms with Gasteiger partial charge in [-0.1, -0.05) is 30.3 Å². The molecular weight excluding hydrogens is 347 g/mol. The summed E-state index contributed by atoms with van der Waals surface area (Å²) in [5.74, 6) is 0.421. The number of nitrogens with zero attached hydrogens (tertiary/aromatic N) is 1. The zero-order valence-corrected chi connectivity index (χ0v) is 14.7. The Morgan fingerprint density at radius 2 is 1.77 bits per heavy atom. The third-order valence-corrected chi connectivity index (χ3v) is 3.77. The lowest BCUT2D eigenvalue weighted by Crippen LogP contribution is -2.33. The number of aliphatic hydroxyl groups excluding tert-OH is 1. The summed E-state index contributed by atoms with van der Waals surface area (Å²) in [6.07, 6.45) is -4.30. The molecule has 2 aromatic rings. The monoisotopic (exact) mass is 369 g/mol. The number of benzene rings is 2. The lowest BCUT2D eigenvalue weighted by Gasteiger charge is -2.20. The van der Waals surface area contributed by atoms with Crippen LogP contribution in [0.5, 0.6) is 11.5 Å². The third kappa shape index (κ3) is 6.57. The summed E-state index contributed by atoms with van der Waals surface area (Å²) in [6, 6.07) is 13.3. The van der Waals surface area contributed by atoms with E-state index in [1.165, 1.54) is 18.2 Å². The zero-order valence-electron chi connectivity index (χ0n) is 14.7. The summed E-state index contributed by atoms with van der Waals surface area (Å²) in [5, 5.41) is 9.81. The Morgan fingerprint density at radius 3 is 2.46 bits per heavy atom. The first-order chi connectivity index (χ1) is 12.2. The molecule has 1 N–H and O–H groups in total. The van der Waals surface area contributed by atoms with E-state index in [2.05, 4.69) is 4.74 Å². The van der Waals surface area contributed by atoms with Crippen LogP contribution >= 0.6 is 0 Å². The van der Waals surface area contributed by atoms with E-state index >= 15 is 0 Å². The summed E-state index contributed by atoms with van der Waals surface area (Å²) in [5.41, 5.74) is 1.65. The van der Waals surface area contributed by atoms with Crippen molar-refractivity contribution in [1.29, 1.82) is 0 Å². The third-order valence-electron chi connectivity index (χ3n) is 3.77. The van der Waals surface area contributed by atoms with Gasteiger partial charge in [0.05, 0.1) is 0 Å². The number of para-hydroxylation sites is 1. The average Bonchev–Trinajstić information content (AvgIpc) is 2.57. The van der Waals surface area contributed by atoms with Gasteiger partial charge in [0, 0.05) is 0 Å². The Bertz CT molecular complexity index is 704. The molecule has 0 radical (unpaired) electrons. The second-order valence-corrected chi connectivity index (χ2v) is 6.06. The number of hydrogen-bond acceptors (Lipinski definition) is 4. The van der Waals surface area contributed by atoms with Crippen molar-refractivity contribution in [3.05, 3.63) is 59.7 Å². The maximum Gasteiger partial charge on any atom is 0.573 e. The molecule has 1 atom stereocenters. The molecule has 0 aliphatic heterocycles. The molecule has 0 amide bonds. The molecule has 0 aromatic heterocycles. The standard InChI is InChI=1S/C19H22F3NO3/c1-23(2)18(24)13-25-17-9-4-3-7-15(17)11-10-14-6-5-8-16(12-14)26-19(20,21)22/h3-9,12,18,24H,10-11,13H2,1-2H3. The molecule has 0 aliphatic rings. The first-order valence-electron chi connectivity index (χ1n) is 8.14. The Hall–Kier alpha value is -2.25. The predicted molar refractivity (Wildman–Crippen MR) is 92.2 cm³/mol. The van der Waals surface area contributed by atoms with E-state index in [0.717, 1.165) is 11.1 Å². The van der Waals surface area contributed by atoms with Crippen LogP contribution in [0.1, 0.15) is 11.1 Å². The zero-order chi connectivity index (χ0) is 19.2. The number of aliphatic hydroxyl groups is 1. The second-order valence-electron chi connectivity index (χ2n) is 6.06. The smallest absolute Gasteiger partial charge is 0.489 e. The van der Waals surface area contributed by atoms with Crippen molar-refractivity contribution in [3.8, 4) is 11.5 Å². The molecule has 0 spiro atoms. The molecule has 2 rings (SSSR count). The summed E-state index contributed by atoms with van der Waals surface area (Å²) >= 11 is 0. The van der Waals surface area contributed by atoms with Crippen LogP contribution in [-0.4, -0.2) is 43.3 Å². The van der Waals surface area contributed by atoms with Crippen LogP contribution in [0.4, 0.5) is 13.2 Å². The summed E-state index contributed by atoms with van der Waals surface area (Å²) < 4.78 is 46.6. The highest BCUT2D eigenvalue weighted by Crippen LogP contribution is 2.25. The highest BCUT2D eigenvalue weighted by atomic mass is 19.4. The molecule has 0 fully saturated rings. The van der Waals surface area contributed by atoms with Gasteiger partial charge < -0.3 is 14.6 Å². The van der Waals surface area contributed by atoms with Gasteiger partial charge in [0.2, 0.25) is 0 Å². The van der Waals surface area contributed by atoms with Crippen molar-refractivity contribution >= 4 is 0 Å². The number of aryl methyl sites for hydroxylation is 2. The molecule has 26 heavy (non-hydrogen) atoms. The largest absolute Gasteiger partial charge is 0.573 e. The SMILES string of the molecule is CN(C)C(O)COc1ccccc1CCc1cccc(OC(F)(F)F)c1. The van der Waals surface area contributed by atoms with Gasteiger partial charge in [-0.3, -0.25) is 4.90 Å². The molecule has 0 heterocycles. The summed E-state index contributed by atoms with van der Waals surface area (Å²) in [4.78, 5) is 1.63. The normalized spacial score (nSPS) is 12.9. The molecule has 0 saturated carbocycles. The Morgan fingerprint density at radius 1 is 1.04 bits per heavy atom. The minimum absolute atomic E-state index is 0.124. The molecule has 1 unspecified atom stereocenters. The molecule has 0 bridgehead atoms. The van der Waals surface area contributed by atoms with E-state index in [0.29, 0.717) is 18.6 Å². The van der Waals surface area contributed by atoms with Gasteiger partial charge >= 0.3 is 6.36 Å². The van der Waals surface area contributed by atoms with Gasteiger partial charge in [-0.25, -0.2) is 0 Å². The fourth-order valence-electron chi connectivity index (χ4n) is 2.34. The summed E-state index contributed by atoms with van der Waals surface area (Å²) in [6.45, 7) is 0.124. The van der Waals surface area contributed by atoms with Crippen LogP contribution in [0, 0.1) is 0 Å². The lowest BCUT2D eigenvalue weighted by atomic mass is 10.0. The maximum absolute atomic E-state index is 12.3. The van der Waals surface area contributed by atoms with Crippen molar-refractivity contribution in [3.63, 3.8) is 0 Å². The molecule has 0 saturated heterocycles. The first-order valence-corrected chi connectivity index (χ1v) is 8.14. The van der Waals surface area contributed by atoms with Crippen LogP contribution in [0.25, 0.3) is 0 Å². The second kappa shape index (κ2) is 8.91. The number of alkyl halides is 3. The van der Waals surface area contributed by atoms with E-state index in [-0.39, 0.29) is 12.4 Å². The number of hydrogen-bond donors (Lipinski definition) is 1. The van der Waals surface area contributed by atoms with Crippen molar-refractivity contribution in [2.24, 2.45) is 0 Å². The van der Waals surface area contributed by atoms with E-state index in [9.17, 15) is 18.3 Å². The number of likely N-dealkylation sites (N-methyl/N-ethyl adjacent to an activating group) is 1. The Balaban J connectivity index is 2.00. The van der Waals surface area contributed by atoms with E-state index in [1.807, 2.05) is 18.2 Å². The fourth-order valence-corrected chi connectivity index (χ4v) is 2.34. The minimum Gasteiger partial charge on any atom is -0.489 e. The van der Waals surface area contributed by atoms with Crippen molar-refractivity contribution in [1.82, 2.24) is 4.90 Å². The highest BCUT2D eigenvalue weighted by Gasteiger charge is 2.31. The molecule has 2 aromatic carbocycles. The number of halogens is 3. The number of rotatable bonds is 8.